The van der Waals surface area contributed by atoms with E-state index in [-0.39, 0.29) is 12.3 Å². The summed E-state index contributed by atoms with van der Waals surface area (Å²) in [6, 6.07) is 11.8. The molecule has 2 aromatic carbocycles. The number of hydrogen-bond donors (Lipinski definition) is 2. The van der Waals surface area contributed by atoms with Crippen molar-refractivity contribution in [2.75, 3.05) is 18.6 Å². The first-order valence-corrected chi connectivity index (χ1v) is 12.6. The zero-order chi connectivity index (χ0) is 25.8. The monoisotopic (exact) mass is 495 g/mol. The number of sulfonamides is 1. The van der Waals surface area contributed by atoms with Gasteiger partial charge in [0.15, 0.2) is 0 Å². The summed E-state index contributed by atoms with van der Waals surface area (Å²) in [7, 11) is -2.55. The van der Waals surface area contributed by atoms with Gasteiger partial charge in [-0.25, -0.2) is 17.1 Å². The molecule has 0 heterocycles. The lowest BCUT2D eigenvalue weighted by molar-refractivity contribution is -0.126. The summed E-state index contributed by atoms with van der Waals surface area (Å²) in [4.78, 5) is 13.1. The number of nitrogens with zero attached hydrogens (tertiary/aromatic N) is 3. The Hall–Kier alpha value is -3.97. The molecule has 3 rings (SSSR count). The van der Waals surface area contributed by atoms with Crippen LogP contribution in [0.5, 0.6) is 0 Å². The number of carbonyl (C=O) groups is 1. The van der Waals surface area contributed by atoms with Crippen LogP contribution in [0.1, 0.15) is 18.9 Å². The van der Waals surface area contributed by atoms with Crippen molar-refractivity contribution < 1.29 is 17.6 Å². The van der Waals surface area contributed by atoms with Crippen LogP contribution in [-0.4, -0.2) is 43.7 Å². The van der Waals surface area contributed by atoms with Gasteiger partial charge in [0.2, 0.25) is 10.0 Å². The average molecular weight is 496 g/mol. The fourth-order valence-electron chi connectivity index (χ4n) is 3.77. The lowest BCUT2D eigenvalue weighted by Gasteiger charge is -2.27. The standard InChI is InChI=1S/C25H26FN5O3S/c1-16-18(5-4-6-23(16)30-28)13-24(25(32)31(2)35(3,33)34)29-21-11-8-17(9-12-21)22-14-20(26)10-7-19(22)15-27/h4-12,14,16,24,29H,13,28H2,1-3H3/t16?,24-/m0/s1. The molecule has 1 amide bonds. The number of rotatable bonds is 7. The van der Waals surface area contributed by atoms with Crippen LogP contribution in [0.4, 0.5) is 10.1 Å². The Morgan fingerprint density at radius 2 is 1.97 bits per heavy atom. The smallest absolute Gasteiger partial charge is 0.258 e. The first kappa shape index (κ1) is 25.6. The predicted molar refractivity (Wildman–Crippen MR) is 134 cm³/mol. The first-order chi connectivity index (χ1) is 16.5. The van der Waals surface area contributed by atoms with E-state index in [1.807, 2.05) is 19.1 Å². The number of nitriles is 1. The van der Waals surface area contributed by atoms with Crippen LogP contribution in [0.25, 0.3) is 11.1 Å². The highest BCUT2D eigenvalue weighted by atomic mass is 32.2. The molecule has 35 heavy (non-hydrogen) atoms. The molecule has 1 aliphatic rings. The second-order valence-electron chi connectivity index (χ2n) is 8.23. The summed E-state index contributed by atoms with van der Waals surface area (Å²) in [6.45, 7) is 1.91. The lowest BCUT2D eigenvalue weighted by atomic mass is 9.87. The van der Waals surface area contributed by atoms with Gasteiger partial charge in [0.25, 0.3) is 5.91 Å². The number of nitrogens with two attached hydrogens (primary N) is 1. The maximum Gasteiger partial charge on any atom is 0.258 e. The topological polar surface area (TPSA) is 129 Å². The highest BCUT2D eigenvalue weighted by Gasteiger charge is 2.30. The molecule has 1 unspecified atom stereocenters. The van der Waals surface area contributed by atoms with Crippen LogP contribution in [0.3, 0.4) is 0 Å². The number of benzene rings is 2. The van der Waals surface area contributed by atoms with Gasteiger partial charge in [-0.1, -0.05) is 36.8 Å². The molecule has 0 aliphatic heterocycles. The first-order valence-electron chi connectivity index (χ1n) is 10.7. The summed E-state index contributed by atoms with van der Waals surface area (Å²) < 4.78 is 38.5. The fourth-order valence-corrected chi connectivity index (χ4v) is 4.22. The average Bonchev–Trinajstić information content (AvgIpc) is 2.83. The third-order valence-electron chi connectivity index (χ3n) is 5.91. The van der Waals surface area contributed by atoms with Crippen LogP contribution in [0.15, 0.2) is 71.4 Å². The van der Waals surface area contributed by atoms with Crippen LogP contribution in [0, 0.1) is 23.1 Å². The van der Waals surface area contributed by atoms with Crippen molar-refractivity contribution in [3.05, 3.63) is 77.6 Å². The molecule has 3 N–H and O–H groups in total. The summed E-state index contributed by atoms with van der Waals surface area (Å²) in [5.74, 6) is 4.23. The van der Waals surface area contributed by atoms with Crippen LogP contribution in [0.2, 0.25) is 0 Å². The summed E-state index contributed by atoms with van der Waals surface area (Å²) in [5.41, 5.74) is 3.47. The van der Waals surface area contributed by atoms with Crippen molar-refractivity contribution in [3.63, 3.8) is 0 Å². The van der Waals surface area contributed by atoms with Gasteiger partial charge in [0.05, 0.1) is 23.6 Å². The number of amides is 1. The molecule has 0 spiro atoms. The van der Waals surface area contributed by atoms with Gasteiger partial charge in [-0.05, 0) is 48.4 Å². The highest BCUT2D eigenvalue weighted by molar-refractivity contribution is 7.88. The summed E-state index contributed by atoms with van der Waals surface area (Å²) >= 11 is 0. The maximum atomic E-state index is 13.7. The minimum absolute atomic E-state index is 0.148. The van der Waals surface area contributed by atoms with Gasteiger partial charge in [-0.15, -0.1) is 0 Å². The Bertz CT molecular complexity index is 1360. The minimum atomic E-state index is -3.76. The van der Waals surface area contributed by atoms with Crippen molar-refractivity contribution in [2.24, 2.45) is 16.9 Å². The van der Waals surface area contributed by atoms with Crippen LogP contribution < -0.4 is 11.2 Å². The molecule has 0 radical (unpaired) electrons. The molecule has 0 saturated heterocycles. The van der Waals surface area contributed by atoms with Crippen molar-refractivity contribution in [3.8, 4) is 17.2 Å². The Morgan fingerprint density at radius 1 is 1.29 bits per heavy atom. The van der Waals surface area contributed by atoms with Crippen LogP contribution in [-0.2, 0) is 14.8 Å². The number of anilines is 1. The summed E-state index contributed by atoms with van der Waals surface area (Å²) in [6.07, 6.45) is 6.60. The molecule has 0 bridgehead atoms. The number of allylic oxidation sites excluding steroid dienone is 3. The molecule has 182 valence electrons. The number of carbonyl (C=O) groups excluding carboxylic acids is 1. The van der Waals surface area contributed by atoms with Crippen molar-refractivity contribution in [2.45, 2.75) is 19.4 Å². The zero-order valence-electron chi connectivity index (χ0n) is 19.6. The van der Waals surface area contributed by atoms with E-state index >= 15 is 0 Å². The fraction of sp³-hybridized carbons (Fsp3) is 0.240. The molecule has 2 atom stereocenters. The Balaban J connectivity index is 1.91. The van der Waals surface area contributed by atoms with Gasteiger partial charge >= 0.3 is 0 Å². The molecule has 2 aromatic rings. The molecule has 0 aromatic heterocycles. The predicted octanol–water partition coefficient (Wildman–Crippen LogP) is 3.40. The molecular weight excluding hydrogens is 469 g/mol. The van der Waals surface area contributed by atoms with Crippen molar-refractivity contribution >= 4 is 27.3 Å². The number of likely N-dealkylation sites (N-methyl/N-ethyl adjacent to an activating group) is 1. The Labute approximate surface area is 204 Å². The molecule has 10 heteroatoms. The Kier molecular flexibility index (Phi) is 7.71. The van der Waals surface area contributed by atoms with E-state index in [1.54, 1.807) is 36.4 Å². The second kappa shape index (κ2) is 10.5. The van der Waals surface area contributed by atoms with Gasteiger partial charge in [0.1, 0.15) is 11.9 Å². The van der Waals surface area contributed by atoms with Gasteiger partial charge in [-0.3, -0.25) is 4.79 Å². The SMILES string of the molecule is CC1C(C[C@H](Nc2ccc(-c3cc(F)ccc3C#N)cc2)C(=O)N(C)S(C)(=O)=O)=CC=CC1=NN. The van der Waals surface area contributed by atoms with Gasteiger partial charge in [-0.2, -0.15) is 10.4 Å². The molecule has 1 aliphatic carbocycles. The van der Waals surface area contributed by atoms with E-state index in [0.29, 0.717) is 32.4 Å². The van der Waals surface area contributed by atoms with E-state index < -0.39 is 27.8 Å². The number of hydrogen-bond acceptors (Lipinski definition) is 7. The molecule has 0 saturated carbocycles. The summed E-state index contributed by atoms with van der Waals surface area (Å²) in [5, 5.41) is 16.2. The number of halogens is 1. The van der Waals surface area contributed by atoms with E-state index in [9.17, 15) is 22.9 Å². The number of nitrogens with one attached hydrogen (secondary N) is 1. The Morgan fingerprint density at radius 3 is 2.57 bits per heavy atom. The number of hydrazone groups is 1. The van der Waals surface area contributed by atoms with E-state index in [4.69, 9.17) is 5.84 Å². The highest BCUT2D eigenvalue weighted by Crippen LogP contribution is 2.28. The zero-order valence-corrected chi connectivity index (χ0v) is 20.4. The largest absolute Gasteiger partial charge is 0.373 e. The second-order valence-corrected chi connectivity index (χ2v) is 10.2. The van der Waals surface area contributed by atoms with Gasteiger partial charge < -0.3 is 11.2 Å². The molecular formula is C25H26FN5O3S. The van der Waals surface area contributed by atoms with Gasteiger partial charge in [0, 0.05) is 24.2 Å². The van der Waals surface area contributed by atoms with Crippen molar-refractivity contribution in [1.29, 1.82) is 5.26 Å². The molecule has 8 nitrogen and oxygen atoms in total. The van der Waals surface area contributed by atoms with E-state index in [2.05, 4.69) is 10.4 Å². The normalized spacial score (nSPS) is 17.4. The third-order valence-corrected chi connectivity index (χ3v) is 7.09. The van der Waals surface area contributed by atoms with Crippen molar-refractivity contribution in [1.82, 2.24) is 4.31 Å². The lowest BCUT2D eigenvalue weighted by Crippen LogP contribution is -2.44. The third kappa shape index (κ3) is 5.94. The van der Waals surface area contributed by atoms with E-state index in [0.717, 1.165) is 11.8 Å². The van der Waals surface area contributed by atoms with Crippen LogP contribution >= 0.6 is 0 Å². The van der Waals surface area contributed by atoms with E-state index in [1.165, 1.54) is 25.2 Å². The quantitative estimate of drug-likeness (QED) is 0.447. The molecule has 0 fully saturated rings. The maximum absolute atomic E-state index is 13.7. The minimum Gasteiger partial charge on any atom is -0.373 e.